The molecule has 43 heavy (non-hydrogen) atoms. The first-order chi connectivity index (χ1) is 20.4. The molecule has 236 valence electrons. The van der Waals surface area contributed by atoms with Gasteiger partial charge in [0.15, 0.2) is 0 Å². The molecule has 2 fully saturated rings. The van der Waals surface area contributed by atoms with Gasteiger partial charge in [-0.1, -0.05) is 18.2 Å². The van der Waals surface area contributed by atoms with Crippen LogP contribution in [-0.4, -0.2) is 82.5 Å². The Balaban J connectivity index is 1.69. The zero-order chi connectivity index (χ0) is 31.3. The maximum atomic E-state index is 15.4. The van der Waals surface area contributed by atoms with E-state index in [0.29, 0.717) is 44.7 Å². The van der Waals surface area contributed by atoms with Crippen molar-refractivity contribution >= 4 is 27.7 Å². The first kappa shape index (κ1) is 32.9. The third-order valence-corrected chi connectivity index (χ3v) is 9.76. The van der Waals surface area contributed by atoms with E-state index in [1.807, 2.05) is 0 Å². The number of carbonyl (C=O) groups excluding carboxylic acids is 2. The Morgan fingerprint density at radius 2 is 1.81 bits per heavy atom. The summed E-state index contributed by atoms with van der Waals surface area (Å²) in [5.74, 6) is -2.57. The summed E-state index contributed by atoms with van der Waals surface area (Å²) in [6, 6.07) is 7.76. The molecule has 2 saturated heterocycles. The van der Waals surface area contributed by atoms with E-state index in [0.717, 1.165) is 18.3 Å². The van der Waals surface area contributed by atoms with Gasteiger partial charge in [0.05, 0.1) is 25.1 Å². The van der Waals surface area contributed by atoms with Crippen LogP contribution in [0.4, 0.5) is 19.3 Å². The number of nitrogens with two attached hydrogens (primary N) is 1. The van der Waals surface area contributed by atoms with Crippen molar-refractivity contribution in [2.75, 3.05) is 44.6 Å². The lowest BCUT2D eigenvalue weighted by atomic mass is 9.76. The van der Waals surface area contributed by atoms with E-state index in [1.54, 1.807) is 19.1 Å². The van der Waals surface area contributed by atoms with Crippen LogP contribution < -0.4 is 16.0 Å². The van der Waals surface area contributed by atoms with Crippen LogP contribution in [-0.2, 0) is 30.7 Å². The van der Waals surface area contributed by atoms with E-state index in [1.165, 1.54) is 34.6 Å². The third-order valence-electron chi connectivity index (χ3n) is 8.34. The molecule has 0 saturated carbocycles. The first-order valence-corrected chi connectivity index (χ1v) is 16.3. The van der Waals surface area contributed by atoms with Gasteiger partial charge in [-0.15, -0.1) is 0 Å². The topological polar surface area (TPSA) is 131 Å². The van der Waals surface area contributed by atoms with Gasteiger partial charge in [0.2, 0.25) is 10.0 Å². The third kappa shape index (κ3) is 7.58. The molecule has 2 amide bonds. The van der Waals surface area contributed by atoms with Gasteiger partial charge in [-0.2, -0.15) is 4.31 Å². The van der Waals surface area contributed by atoms with Gasteiger partial charge < -0.3 is 20.5 Å². The Labute approximate surface area is 251 Å². The van der Waals surface area contributed by atoms with E-state index in [-0.39, 0.29) is 36.1 Å². The molecule has 2 aromatic carbocycles. The summed E-state index contributed by atoms with van der Waals surface area (Å²) in [7, 11) is -2.43. The second kappa shape index (κ2) is 14.2. The van der Waals surface area contributed by atoms with Crippen LogP contribution >= 0.6 is 0 Å². The lowest BCUT2D eigenvalue weighted by Gasteiger charge is -2.39. The van der Waals surface area contributed by atoms with E-state index < -0.39 is 51.7 Å². The van der Waals surface area contributed by atoms with Gasteiger partial charge in [0.1, 0.15) is 11.6 Å². The molecule has 4 atom stereocenters. The maximum Gasteiger partial charge on any atom is 0.420 e. The molecule has 0 spiro atoms. The quantitative estimate of drug-likeness (QED) is 0.436. The van der Waals surface area contributed by atoms with Crippen molar-refractivity contribution < 1.29 is 36.3 Å². The fourth-order valence-electron chi connectivity index (χ4n) is 6.37. The average Bonchev–Trinajstić information content (AvgIpc) is 2.97. The summed E-state index contributed by atoms with van der Waals surface area (Å²) >= 11 is 0. The molecule has 10 nitrogen and oxygen atoms in total. The normalized spacial score (nSPS) is 21.6. The Hall–Kier alpha value is -2.97. The van der Waals surface area contributed by atoms with Crippen molar-refractivity contribution in [2.24, 2.45) is 11.7 Å². The summed E-state index contributed by atoms with van der Waals surface area (Å²) in [4.78, 5) is 28.1. The van der Waals surface area contributed by atoms with Crippen LogP contribution in [0.15, 0.2) is 42.5 Å². The number of nitrogens with zero attached hydrogens (tertiary/aromatic N) is 2. The molecule has 0 aliphatic carbocycles. The largest absolute Gasteiger partial charge is 0.452 e. The molecule has 2 aliphatic rings. The van der Waals surface area contributed by atoms with Crippen LogP contribution in [0.25, 0.3) is 0 Å². The average molecular weight is 623 g/mol. The van der Waals surface area contributed by atoms with Gasteiger partial charge in [-0.25, -0.2) is 26.9 Å². The Kier molecular flexibility index (Phi) is 10.9. The number of hydrogen-bond donors (Lipinski definition) is 2. The second-order valence-electron chi connectivity index (χ2n) is 11.2. The molecule has 0 aromatic heterocycles. The van der Waals surface area contributed by atoms with Crippen molar-refractivity contribution in [1.29, 1.82) is 0 Å². The van der Waals surface area contributed by atoms with E-state index >= 15 is 4.39 Å². The SMILES string of the molecule is COC(=O)N(C(=O)[C@@H](N)[C@@H](c1ccc(F)cc1)C1CCOCC1)c1cccc(F)c1CC[C@H]1CNC[C@@H](C)N1S(C)(=O)=O. The number of piperazine rings is 1. The molecule has 2 aromatic rings. The van der Waals surface area contributed by atoms with Crippen molar-refractivity contribution in [1.82, 2.24) is 9.62 Å². The fraction of sp³-hybridized carbons (Fsp3) is 0.533. The number of methoxy groups -OCH3 is 1. The number of halogens is 2. The number of anilines is 1. The summed E-state index contributed by atoms with van der Waals surface area (Å²) in [6.45, 7) is 3.59. The minimum atomic E-state index is -3.54. The number of imide groups is 1. The van der Waals surface area contributed by atoms with Crippen LogP contribution in [0.1, 0.15) is 43.2 Å². The van der Waals surface area contributed by atoms with Crippen LogP contribution in [0, 0.1) is 17.6 Å². The van der Waals surface area contributed by atoms with Gasteiger partial charge in [-0.3, -0.25) is 4.79 Å². The Morgan fingerprint density at radius 3 is 2.44 bits per heavy atom. The minimum absolute atomic E-state index is 0.0279. The number of ether oxygens (including phenoxy) is 2. The number of carbonyl (C=O) groups is 2. The molecular weight excluding hydrogens is 582 g/mol. The van der Waals surface area contributed by atoms with Crippen LogP contribution in [0.5, 0.6) is 0 Å². The van der Waals surface area contributed by atoms with E-state index in [4.69, 9.17) is 15.2 Å². The molecule has 0 unspecified atom stereocenters. The Morgan fingerprint density at radius 1 is 1.14 bits per heavy atom. The fourth-order valence-corrected chi connectivity index (χ4v) is 7.82. The lowest BCUT2D eigenvalue weighted by Crippen LogP contribution is -2.58. The predicted octanol–water partition coefficient (Wildman–Crippen LogP) is 3.16. The van der Waals surface area contributed by atoms with Gasteiger partial charge in [-0.05, 0) is 68.4 Å². The monoisotopic (exact) mass is 622 g/mol. The summed E-state index contributed by atoms with van der Waals surface area (Å²) in [6.07, 6.45) is 1.58. The number of rotatable bonds is 9. The zero-order valence-electron chi connectivity index (χ0n) is 24.7. The van der Waals surface area contributed by atoms with Crippen LogP contribution in [0.2, 0.25) is 0 Å². The maximum absolute atomic E-state index is 15.4. The molecule has 0 bridgehead atoms. The summed E-state index contributed by atoms with van der Waals surface area (Å²) < 4.78 is 66.2. The highest BCUT2D eigenvalue weighted by atomic mass is 32.2. The van der Waals surface area contributed by atoms with Crippen molar-refractivity contribution in [2.45, 2.75) is 56.7 Å². The van der Waals surface area contributed by atoms with Crippen molar-refractivity contribution in [3.8, 4) is 0 Å². The molecular formula is C30H40F2N4O6S. The van der Waals surface area contributed by atoms with Crippen LogP contribution in [0.3, 0.4) is 0 Å². The second-order valence-corrected chi connectivity index (χ2v) is 13.1. The number of amides is 2. The minimum Gasteiger partial charge on any atom is -0.452 e. The predicted molar refractivity (Wildman–Crippen MR) is 158 cm³/mol. The molecule has 2 aliphatic heterocycles. The number of sulfonamides is 1. The number of benzene rings is 2. The van der Waals surface area contributed by atoms with Crippen molar-refractivity contribution in [3.63, 3.8) is 0 Å². The standard InChI is InChI=1S/C30H40F2N4O6S/c1-19-17-34-18-23(36(19)43(3,39)40)11-12-24-25(32)5-4-6-26(24)35(30(38)41-2)29(37)28(33)27(21-13-15-42-16-14-21)20-7-9-22(31)10-8-20/h4-10,19,21,23,27-28,34H,11-18,33H2,1-3H3/t19-,23+,27+,28+/m1/s1. The van der Waals surface area contributed by atoms with E-state index in [9.17, 15) is 22.4 Å². The Bertz CT molecular complexity index is 1390. The molecule has 0 radical (unpaired) electrons. The van der Waals surface area contributed by atoms with Gasteiger partial charge >= 0.3 is 6.09 Å². The number of nitrogens with one attached hydrogen (secondary N) is 1. The summed E-state index contributed by atoms with van der Waals surface area (Å²) in [5.41, 5.74) is 7.31. The summed E-state index contributed by atoms with van der Waals surface area (Å²) in [5, 5.41) is 3.21. The van der Waals surface area contributed by atoms with E-state index in [2.05, 4.69) is 5.32 Å². The molecule has 4 rings (SSSR count). The molecule has 2 heterocycles. The molecule has 3 N–H and O–H groups in total. The van der Waals surface area contributed by atoms with Gasteiger partial charge in [0, 0.05) is 49.9 Å². The highest BCUT2D eigenvalue weighted by Crippen LogP contribution is 2.36. The van der Waals surface area contributed by atoms with Crippen molar-refractivity contribution in [3.05, 3.63) is 65.2 Å². The number of hydrogen-bond acceptors (Lipinski definition) is 8. The first-order valence-electron chi connectivity index (χ1n) is 14.4. The highest BCUT2D eigenvalue weighted by molar-refractivity contribution is 7.88. The smallest absolute Gasteiger partial charge is 0.420 e. The van der Waals surface area contributed by atoms with Gasteiger partial charge in [0.25, 0.3) is 5.91 Å². The zero-order valence-corrected chi connectivity index (χ0v) is 25.5. The molecule has 13 heteroatoms. The lowest BCUT2D eigenvalue weighted by molar-refractivity contribution is -0.120. The highest BCUT2D eigenvalue weighted by Gasteiger charge is 2.40.